The summed E-state index contributed by atoms with van der Waals surface area (Å²) in [6.45, 7) is 8.46. The number of thioether (sulfide) groups is 1. The zero-order valence-electron chi connectivity index (χ0n) is 14.5. The molecule has 0 amide bonds. The van der Waals surface area contributed by atoms with Gasteiger partial charge in [0.25, 0.3) is 0 Å². The summed E-state index contributed by atoms with van der Waals surface area (Å²) in [5, 5.41) is 0. The van der Waals surface area contributed by atoms with Crippen molar-refractivity contribution in [2.75, 3.05) is 12.4 Å². The van der Waals surface area contributed by atoms with Gasteiger partial charge < -0.3 is 4.74 Å². The maximum atomic E-state index is 6.00. The van der Waals surface area contributed by atoms with E-state index in [0.717, 1.165) is 18.1 Å². The van der Waals surface area contributed by atoms with Gasteiger partial charge in [0, 0.05) is 5.75 Å². The third-order valence-corrected chi connectivity index (χ3v) is 5.26. The summed E-state index contributed by atoms with van der Waals surface area (Å²) in [6, 6.07) is 21.1. The van der Waals surface area contributed by atoms with Crippen LogP contribution in [0.3, 0.4) is 0 Å². The van der Waals surface area contributed by atoms with Crippen LogP contribution in [-0.4, -0.2) is 12.4 Å². The molecule has 0 saturated heterocycles. The van der Waals surface area contributed by atoms with Gasteiger partial charge in [0.1, 0.15) is 0 Å². The Kier molecular flexibility index (Phi) is 7.19. The number of ether oxygens (including phenoxy) is 1. The molecule has 1 nitrogen and oxygen atoms in total. The van der Waals surface area contributed by atoms with E-state index in [4.69, 9.17) is 4.74 Å². The summed E-state index contributed by atoms with van der Waals surface area (Å²) in [5.41, 5.74) is 2.91. The quantitative estimate of drug-likeness (QED) is 0.606. The lowest BCUT2D eigenvalue weighted by Gasteiger charge is -2.30. The van der Waals surface area contributed by atoms with E-state index >= 15 is 0 Å². The first-order chi connectivity index (χ1) is 11.1. The summed E-state index contributed by atoms with van der Waals surface area (Å²) in [4.78, 5) is 0. The first-order valence-corrected chi connectivity index (χ1v) is 9.44. The van der Waals surface area contributed by atoms with Crippen LogP contribution in [0, 0.1) is 11.3 Å². The van der Waals surface area contributed by atoms with Gasteiger partial charge in [-0.1, -0.05) is 81.4 Å². The van der Waals surface area contributed by atoms with E-state index in [0.29, 0.717) is 12.5 Å². The summed E-state index contributed by atoms with van der Waals surface area (Å²) in [6.07, 6.45) is 0. The molecule has 0 aromatic heterocycles. The van der Waals surface area contributed by atoms with E-state index < -0.39 is 0 Å². The van der Waals surface area contributed by atoms with Crippen LogP contribution in [0.2, 0.25) is 0 Å². The minimum atomic E-state index is 0.264. The van der Waals surface area contributed by atoms with Gasteiger partial charge in [-0.25, -0.2) is 0 Å². The third-order valence-electron chi connectivity index (χ3n) is 4.09. The van der Waals surface area contributed by atoms with Gasteiger partial charge in [-0.05, 0) is 28.2 Å². The highest BCUT2D eigenvalue weighted by Gasteiger charge is 2.24. The van der Waals surface area contributed by atoms with Crippen molar-refractivity contribution in [1.29, 1.82) is 0 Å². The molecule has 0 bridgehead atoms. The van der Waals surface area contributed by atoms with E-state index in [1.165, 1.54) is 11.1 Å². The molecule has 0 aliphatic heterocycles. The van der Waals surface area contributed by atoms with Gasteiger partial charge >= 0.3 is 0 Å². The summed E-state index contributed by atoms with van der Waals surface area (Å²) >= 11 is 2.01. The Hall–Kier alpha value is -1.25. The van der Waals surface area contributed by atoms with Crippen LogP contribution in [-0.2, 0) is 17.1 Å². The van der Waals surface area contributed by atoms with Crippen LogP contribution < -0.4 is 0 Å². The fraction of sp³-hybridized carbons (Fsp3) is 0.429. The highest BCUT2D eigenvalue weighted by Crippen LogP contribution is 2.30. The van der Waals surface area contributed by atoms with E-state index in [1.54, 1.807) is 0 Å². The second-order valence-electron chi connectivity index (χ2n) is 7.06. The lowest BCUT2D eigenvalue weighted by atomic mass is 9.82. The average molecular weight is 329 g/mol. The molecule has 2 aromatic rings. The van der Waals surface area contributed by atoms with Crippen molar-refractivity contribution in [3.63, 3.8) is 0 Å². The lowest BCUT2D eigenvalue weighted by Crippen LogP contribution is -2.27. The van der Waals surface area contributed by atoms with E-state index in [1.807, 2.05) is 17.8 Å². The van der Waals surface area contributed by atoms with Gasteiger partial charge in [0.15, 0.2) is 0 Å². The van der Waals surface area contributed by atoms with Gasteiger partial charge in [-0.15, -0.1) is 0 Å². The number of hydrogen-bond acceptors (Lipinski definition) is 2. The van der Waals surface area contributed by atoms with E-state index in [9.17, 15) is 0 Å². The van der Waals surface area contributed by atoms with Crippen molar-refractivity contribution in [3.05, 3.63) is 71.8 Å². The van der Waals surface area contributed by atoms with Crippen molar-refractivity contribution >= 4 is 11.8 Å². The van der Waals surface area contributed by atoms with E-state index in [2.05, 4.69) is 75.4 Å². The van der Waals surface area contributed by atoms with Crippen molar-refractivity contribution in [2.24, 2.45) is 11.3 Å². The van der Waals surface area contributed by atoms with Crippen molar-refractivity contribution < 1.29 is 4.74 Å². The molecule has 23 heavy (non-hydrogen) atoms. The Bertz CT molecular complexity index is 500. The fourth-order valence-electron chi connectivity index (χ4n) is 2.33. The Labute approximate surface area is 145 Å². The smallest absolute Gasteiger partial charge is 0.0717 e. The molecule has 0 heterocycles. The van der Waals surface area contributed by atoms with Crippen LogP contribution in [0.1, 0.15) is 31.9 Å². The van der Waals surface area contributed by atoms with Crippen molar-refractivity contribution in [1.82, 2.24) is 0 Å². The molecule has 1 unspecified atom stereocenters. The third kappa shape index (κ3) is 6.80. The van der Waals surface area contributed by atoms with E-state index in [-0.39, 0.29) is 5.41 Å². The predicted molar refractivity (Wildman–Crippen MR) is 102 cm³/mol. The Balaban J connectivity index is 1.78. The molecule has 0 N–H and O–H groups in total. The molecule has 0 aliphatic rings. The maximum Gasteiger partial charge on any atom is 0.0717 e. The topological polar surface area (TPSA) is 9.23 Å². The monoisotopic (exact) mass is 328 g/mol. The number of rotatable bonds is 8. The largest absolute Gasteiger partial charge is 0.376 e. The van der Waals surface area contributed by atoms with Crippen molar-refractivity contribution in [2.45, 2.75) is 33.1 Å². The standard InChI is InChI=1S/C21H28OS/c1-21(2,3)20(15-22-14-18-10-6-4-7-11-18)17-23-16-19-12-8-5-9-13-19/h4-13,20H,14-17H2,1-3H3. The second kappa shape index (κ2) is 9.14. The van der Waals surface area contributed by atoms with Gasteiger partial charge in [0.2, 0.25) is 0 Å². The molecule has 0 spiro atoms. The lowest BCUT2D eigenvalue weighted by molar-refractivity contribution is 0.0559. The Morgan fingerprint density at radius 1 is 0.870 bits per heavy atom. The zero-order chi connectivity index (χ0) is 16.5. The molecule has 124 valence electrons. The van der Waals surface area contributed by atoms with Crippen LogP contribution in [0.15, 0.2) is 60.7 Å². The zero-order valence-corrected chi connectivity index (χ0v) is 15.3. The minimum Gasteiger partial charge on any atom is -0.376 e. The first-order valence-electron chi connectivity index (χ1n) is 8.29. The Morgan fingerprint density at radius 2 is 1.43 bits per heavy atom. The van der Waals surface area contributed by atoms with Crippen LogP contribution in [0.5, 0.6) is 0 Å². The van der Waals surface area contributed by atoms with Crippen molar-refractivity contribution in [3.8, 4) is 0 Å². The molecule has 2 aromatic carbocycles. The molecular weight excluding hydrogens is 300 g/mol. The molecule has 2 rings (SSSR count). The van der Waals surface area contributed by atoms with Gasteiger partial charge in [-0.2, -0.15) is 11.8 Å². The molecule has 1 atom stereocenters. The highest BCUT2D eigenvalue weighted by atomic mass is 32.2. The molecule has 2 heteroatoms. The molecule has 0 fully saturated rings. The Morgan fingerprint density at radius 3 is 2.00 bits per heavy atom. The summed E-state index contributed by atoms with van der Waals surface area (Å²) in [5.74, 6) is 2.76. The molecular formula is C21H28OS. The normalized spacial score (nSPS) is 13.0. The molecule has 0 radical (unpaired) electrons. The SMILES string of the molecule is CC(C)(C)C(COCc1ccccc1)CSCc1ccccc1. The molecule has 0 saturated carbocycles. The van der Waals surface area contributed by atoms with Gasteiger partial charge in [-0.3, -0.25) is 0 Å². The van der Waals surface area contributed by atoms with Crippen LogP contribution in [0.4, 0.5) is 0 Å². The minimum absolute atomic E-state index is 0.264. The maximum absolute atomic E-state index is 6.00. The highest BCUT2D eigenvalue weighted by molar-refractivity contribution is 7.98. The number of hydrogen-bond donors (Lipinski definition) is 0. The fourth-order valence-corrected chi connectivity index (χ4v) is 3.76. The summed E-state index contributed by atoms with van der Waals surface area (Å²) < 4.78 is 6.00. The van der Waals surface area contributed by atoms with Crippen LogP contribution >= 0.6 is 11.8 Å². The average Bonchev–Trinajstić information content (AvgIpc) is 2.54. The first kappa shape index (κ1) is 18.1. The number of benzene rings is 2. The van der Waals surface area contributed by atoms with Crippen LogP contribution in [0.25, 0.3) is 0 Å². The summed E-state index contributed by atoms with van der Waals surface area (Å²) in [7, 11) is 0. The predicted octanol–water partition coefficient (Wildman–Crippen LogP) is 5.80. The van der Waals surface area contributed by atoms with Gasteiger partial charge in [0.05, 0.1) is 13.2 Å². The molecule has 0 aliphatic carbocycles. The second-order valence-corrected chi connectivity index (χ2v) is 8.09.